The number of anilines is 1. The van der Waals surface area contributed by atoms with E-state index in [0.29, 0.717) is 17.2 Å². The Hall–Kier alpha value is -2.71. The minimum Gasteiger partial charge on any atom is -0.497 e. The summed E-state index contributed by atoms with van der Waals surface area (Å²) in [5.41, 5.74) is 1.54. The zero-order valence-electron chi connectivity index (χ0n) is 18.4. The molecule has 0 unspecified atom stereocenters. The molecule has 1 saturated heterocycles. The number of methoxy groups -OCH3 is 1. The van der Waals surface area contributed by atoms with Crippen molar-refractivity contribution in [2.24, 2.45) is 0 Å². The number of aromatic nitrogens is 1. The fourth-order valence-corrected chi connectivity index (χ4v) is 5.02. The van der Waals surface area contributed by atoms with Crippen molar-refractivity contribution in [1.29, 1.82) is 0 Å². The van der Waals surface area contributed by atoms with Gasteiger partial charge in [-0.2, -0.15) is 0 Å². The van der Waals surface area contributed by atoms with Crippen LogP contribution in [0.2, 0.25) is 0 Å². The number of rotatable bonds is 6. The minimum absolute atomic E-state index is 0. The summed E-state index contributed by atoms with van der Waals surface area (Å²) in [6.45, 7) is 4.58. The fraction of sp³-hybridized carbons (Fsp3) is 0.280. The number of thiazole rings is 1. The van der Waals surface area contributed by atoms with E-state index in [2.05, 4.69) is 4.90 Å². The van der Waals surface area contributed by atoms with Crippen LogP contribution >= 0.6 is 23.7 Å². The third-order valence-electron chi connectivity index (χ3n) is 5.82. The monoisotopic (exact) mass is 483 g/mol. The van der Waals surface area contributed by atoms with Crippen LogP contribution in [0.15, 0.2) is 60.7 Å². The zero-order chi connectivity index (χ0) is 21.9. The number of hydrogen-bond acceptors (Lipinski definition) is 6. The molecule has 1 aliphatic heterocycles. The molecule has 1 aliphatic rings. The number of fused-ring (bicyclic) bond motifs is 2. The number of carbonyl (C=O) groups excluding carboxylic acids is 1. The highest BCUT2D eigenvalue weighted by Gasteiger charge is 2.24. The number of halogens is 1. The van der Waals surface area contributed by atoms with Gasteiger partial charge in [-0.15, -0.1) is 12.4 Å². The highest BCUT2D eigenvalue weighted by atomic mass is 35.5. The molecule has 3 aromatic carbocycles. The molecule has 0 aliphatic carbocycles. The van der Waals surface area contributed by atoms with Crippen molar-refractivity contribution in [3.8, 4) is 5.75 Å². The number of amides is 1. The molecule has 2 heterocycles. The van der Waals surface area contributed by atoms with Crippen molar-refractivity contribution >= 4 is 55.8 Å². The first-order chi connectivity index (χ1) is 15.7. The molecule has 172 valence electrons. The van der Waals surface area contributed by atoms with Gasteiger partial charge in [0.05, 0.1) is 30.5 Å². The molecule has 6 nitrogen and oxygen atoms in total. The zero-order valence-corrected chi connectivity index (χ0v) is 20.0. The van der Waals surface area contributed by atoms with Crippen molar-refractivity contribution in [2.75, 3.05) is 51.4 Å². The van der Waals surface area contributed by atoms with Crippen LogP contribution in [0, 0.1) is 0 Å². The summed E-state index contributed by atoms with van der Waals surface area (Å²) in [7, 11) is 1.65. The second-order valence-corrected chi connectivity index (χ2v) is 8.78. The summed E-state index contributed by atoms with van der Waals surface area (Å²) in [5.74, 6) is 0.732. The SMILES string of the molecule is COc1ccc2sc(N(CCN3CCOCC3)C(=O)c3cccc4ccccc34)nc2c1.Cl. The minimum atomic E-state index is -0.0268. The summed E-state index contributed by atoms with van der Waals surface area (Å²) in [5, 5.41) is 2.72. The summed E-state index contributed by atoms with van der Waals surface area (Å²) in [4.78, 5) is 22.8. The molecule has 0 spiro atoms. The van der Waals surface area contributed by atoms with Gasteiger partial charge in [-0.05, 0) is 29.0 Å². The van der Waals surface area contributed by atoms with Crippen molar-refractivity contribution in [1.82, 2.24) is 9.88 Å². The van der Waals surface area contributed by atoms with Crippen molar-refractivity contribution in [3.63, 3.8) is 0 Å². The van der Waals surface area contributed by atoms with Gasteiger partial charge in [0.25, 0.3) is 5.91 Å². The van der Waals surface area contributed by atoms with Crippen LogP contribution < -0.4 is 9.64 Å². The summed E-state index contributed by atoms with van der Waals surface area (Å²) >= 11 is 1.53. The topological polar surface area (TPSA) is 54.9 Å². The Morgan fingerprint density at radius 1 is 1.12 bits per heavy atom. The van der Waals surface area contributed by atoms with Gasteiger partial charge >= 0.3 is 0 Å². The van der Waals surface area contributed by atoms with E-state index in [1.807, 2.05) is 65.6 Å². The maximum atomic E-state index is 13.9. The van der Waals surface area contributed by atoms with Crippen LogP contribution in [0.3, 0.4) is 0 Å². The van der Waals surface area contributed by atoms with Crippen LogP contribution in [0.4, 0.5) is 5.13 Å². The van der Waals surface area contributed by atoms with E-state index < -0.39 is 0 Å². The highest BCUT2D eigenvalue weighted by Crippen LogP contribution is 2.32. The Kier molecular flexibility index (Phi) is 7.45. The van der Waals surface area contributed by atoms with Gasteiger partial charge in [0, 0.05) is 37.8 Å². The molecule has 4 aromatic rings. The van der Waals surface area contributed by atoms with Crippen molar-refractivity contribution in [2.45, 2.75) is 0 Å². The lowest BCUT2D eigenvalue weighted by atomic mass is 10.0. The average Bonchev–Trinajstić information content (AvgIpc) is 3.27. The van der Waals surface area contributed by atoms with E-state index in [1.54, 1.807) is 7.11 Å². The van der Waals surface area contributed by atoms with Crippen molar-refractivity contribution < 1.29 is 14.3 Å². The number of morpholine rings is 1. The second kappa shape index (κ2) is 10.5. The number of ether oxygens (including phenoxy) is 2. The first-order valence-corrected chi connectivity index (χ1v) is 11.6. The van der Waals surface area contributed by atoms with Gasteiger partial charge in [0.15, 0.2) is 5.13 Å². The van der Waals surface area contributed by atoms with E-state index in [9.17, 15) is 4.79 Å². The van der Waals surface area contributed by atoms with E-state index in [-0.39, 0.29) is 18.3 Å². The number of carbonyl (C=O) groups is 1. The lowest BCUT2D eigenvalue weighted by Gasteiger charge is -2.29. The Bertz CT molecular complexity index is 1250. The fourth-order valence-electron chi connectivity index (χ4n) is 4.05. The molecular weight excluding hydrogens is 458 g/mol. The maximum absolute atomic E-state index is 13.9. The molecule has 0 N–H and O–H groups in total. The first kappa shape index (κ1) is 23.4. The van der Waals surface area contributed by atoms with Crippen LogP contribution in [-0.4, -0.2) is 62.3 Å². The third-order valence-corrected chi connectivity index (χ3v) is 6.88. The lowest BCUT2D eigenvalue weighted by Crippen LogP contribution is -2.43. The third kappa shape index (κ3) is 4.96. The summed E-state index contributed by atoms with van der Waals surface area (Å²) < 4.78 is 11.9. The van der Waals surface area contributed by atoms with Crippen LogP contribution in [0.25, 0.3) is 21.0 Å². The van der Waals surface area contributed by atoms with E-state index >= 15 is 0 Å². The van der Waals surface area contributed by atoms with Crippen molar-refractivity contribution in [3.05, 3.63) is 66.2 Å². The number of nitrogens with zero attached hydrogens (tertiary/aromatic N) is 3. The summed E-state index contributed by atoms with van der Waals surface area (Å²) in [6.07, 6.45) is 0. The van der Waals surface area contributed by atoms with Crippen LogP contribution in [-0.2, 0) is 4.74 Å². The van der Waals surface area contributed by atoms with Gasteiger partial charge in [-0.25, -0.2) is 4.98 Å². The molecular formula is C25H26ClN3O3S. The molecule has 0 radical (unpaired) electrons. The number of hydrogen-bond donors (Lipinski definition) is 0. The molecule has 0 saturated carbocycles. The Labute approximate surface area is 203 Å². The molecule has 0 atom stereocenters. The van der Waals surface area contributed by atoms with Gasteiger partial charge < -0.3 is 9.47 Å². The standard InChI is InChI=1S/C25H25N3O3S.ClH/c1-30-19-9-10-23-22(17-19)26-25(32-23)28(12-11-27-13-15-31-16-14-27)24(29)21-8-4-6-18-5-2-3-7-20(18)21;/h2-10,17H,11-16H2,1H3;1H. The van der Waals surface area contributed by atoms with Gasteiger partial charge in [0.2, 0.25) is 0 Å². The predicted molar refractivity (Wildman–Crippen MR) is 136 cm³/mol. The molecule has 1 aromatic heterocycles. The number of benzene rings is 3. The van der Waals surface area contributed by atoms with E-state index in [4.69, 9.17) is 14.5 Å². The molecule has 1 amide bonds. The molecule has 5 rings (SSSR count). The average molecular weight is 484 g/mol. The quantitative estimate of drug-likeness (QED) is 0.392. The van der Waals surface area contributed by atoms with Gasteiger partial charge in [0.1, 0.15) is 5.75 Å². The van der Waals surface area contributed by atoms with Crippen LogP contribution in [0.1, 0.15) is 10.4 Å². The molecule has 8 heteroatoms. The first-order valence-electron chi connectivity index (χ1n) is 10.8. The largest absolute Gasteiger partial charge is 0.497 e. The molecule has 0 bridgehead atoms. The Morgan fingerprint density at radius 2 is 1.91 bits per heavy atom. The lowest BCUT2D eigenvalue weighted by molar-refractivity contribution is 0.0391. The Balaban J connectivity index is 0.00000259. The smallest absolute Gasteiger partial charge is 0.260 e. The van der Waals surface area contributed by atoms with E-state index in [0.717, 1.165) is 59.6 Å². The molecule has 33 heavy (non-hydrogen) atoms. The normalized spacial score (nSPS) is 14.2. The second-order valence-electron chi connectivity index (χ2n) is 7.77. The van der Waals surface area contributed by atoms with E-state index in [1.165, 1.54) is 11.3 Å². The summed E-state index contributed by atoms with van der Waals surface area (Å²) in [6, 6.07) is 19.7. The molecule has 1 fully saturated rings. The maximum Gasteiger partial charge on any atom is 0.260 e. The Morgan fingerprint density at radius 3 is 2.73 bits per heavy atom. The van der Waals surface area contributed by atoms with Crippen LogP contribution in [0.5, 0.6) is 5.75 Å². The van der Waals surface area contributed by atoms with Gasteiger partial charge in [-0.1, -0.05) is 47.7 Å². The van der Waals surface area contributed by atoms with Gasteiger partial charge in [-0.3, -0.25) is 14.6 Å². The predicted octanol–water partition coefficient (Wildman–Crippen LogP) is 4.86. The highest BCUT2D eigenvalue weighted by molar-refractivity contribution is 7.22.